The van der Waals surface area contributed by atoms with Gasteiger partial charge < -0.3 is 10.4 Å². The molecule has 5 heteroatoms. The lowest BCUT2D eigenvalue weighted by Crippen LogP contribution is -2.39. The van der Waals surface area contributed by atoms with Crippen molar-refractivity contribution in [3.05, 3.63) is 16.0 Å². The van der Waals surface area contributed by atoms with Crippen LogP contribution in [0.25, 0.3) is 0 Å². The van der Waals surface area contributed by atoms with Gasteiger partial charge in [0.2, 0.25) is 0 Å². The number of aryl methyl sites for hydroxylation is 2. The van der Waals surface area contributed by atoms with Gasteiger partial charge in [0.15, 0.2) is 0 Å². The van der Waals surface area contributed by atoms with Crippen molar-refractivity contribution in [1.29, 1.82) is 0 Å². The minimum absolute atomic E-state index is 0.148. The molecule has 0 aliphatic heterocycles. The van der Waals surface area contributed by atoms with Crippen molar-refractivity contribution in [3.8, 4) is 0 Å². The summed E-state index contributed by atoms with van der Waals surface area (Å²) in [7, 11) is 0. The van der Waals surface area contributed by atoms with Gasteiger partial charge in [-0.15, -0.1) is 0 Å². The zero-order valence-electron chi connectivity index (χ0n) is 8.79. The SMILES string of the molecule is Cc1nc(C)c(Br)c(NC2CC(O)C2)n1. The summed E-state index contributed by atoms with van der Waals surface area (Å²) in [4.78, 5) is 8.58. The predicted molar refractivity (Wildman–Crippen MR) is 61.9 cm³/mol. The maximum atomic E-state index is 9.19. The summed E-state index contributed by atoms with van der Waals surface area (Å²) >= 11 is 3.46. The van der Waals surface area contributed by atoms with Crippen LogP contribution in [-0.2, 0) is 0 Å². The second kappa shape index (κ2) is 4.06. The summed E-state index contributed by atoms with van der Waals surface area (Å²) in [5, 5.41) is 12.5. The molecule has 1 heterocycles. The number of halogens is 1. The lowest BCUT2D eigenvalue weighted by molar-refractivity contribution is 0.0835. The lowest BCUT2D eigenvalue weighted by atomic mass is 9.89. The van der Waals surface area contributed by atoms with E-state index in [-0.39, 0.29) is 6.10 Å². The zero-order chi connectivity index (χ0) is 11.0. The van der Waals surface area contributed by atoms with Gasteiger partial charge in [-0.2, -0.15) is 0 Å². The van der Waals surface area contributed by atoms with E-state index >= 15 is 0 Å². The summed E-state index contributed by atoms with van der Waals surface area (Å²) in [6.07, 6.45) is 1.45. The second-order valence-corrected chi connectivity index (χ2v) is 4.78. The number of anilines is 1. The van der Waals surface area contributed by atoms with Gasteiger partial charge in [0, 0.05) is 6.04 Å². The molecule has 0 radical (unpaired) electrons. The Morgan fingerprint density at radius 3 is 2.60 bits per heavy atom. The van der Waals surface area contributed by atoms with E-state index in [2.05, 4.69) is 31.2 Å². The van der Waals surface area contributed by atoms with E-state index in [4.69, 9.17) is 0 Å². The van der Waals surface area contributed by atoms with Crippen molar-refractivity contribution in [2.24, 2.45) is 0 Å². The monoisotopic (exact) mass is 271 g/mol. The van der Waals surface area contributed by atoms with Crippen molar-refractivity contribution in [3.63, 3.8) is 0 Å². The largest absolute Gasteiger partial charge is 0.393 e. The van der Waals surface area contributed by atoms with E-state index in [1.54, 1.807) is 0 Å². The van der Waals surface area contributed by atoms with Gasteiger partial charge in [-0.25, -0.2) is 9.97 Å². The number of aromatic nitrogens is 2. The van der Waals surface area contributed by atoms with Crippen LogP contribution in [0.2, 0.25) is 0 Å². The highest BCUT2D eigenvalue weighted by Gasteiger charge is 2.27. The molecule has 1 aliphatic carbocycles. The Morgan fingerprint density at radius 1 is 1.33 bits per heavy atom. The van der Waals surface area contributed by atoms with E-state index < -0.39 is 0 Å². The molecule has 1 aromatic rings. The summed E-state index contributed by atoms with van der Waals surface area (Å²) in [6.45, 7) is 3.82. The third kappa shape index (κ3) is 2.29. The molecule has 4 nitrogen and oxygen atoms in total. The molecule has 1 fully saturated rings. The minimum atomic E-state index is -0.148. The highest BCUT2D eigenvalue weighted by molar-refractivity contribution is 9.10. The van der Waals surface area contributed by atoms with Crippen LogP contribution >= 0.6 is 15.9 Å². The fourth-order valence-electron chi connectivity index (χ4n) is 1.69. The molecule has 1 aromatic heterocycles. The smallest absolute Gasteiger partial charge is 0.144 e. The number of hydrogen-bond acceptors (Lipinski definition) is 4. The number of rotatable bonds is 2. The fraction of sp³-hybridized carbons (Fsp3) is 0.600. The Hall–Kier alpha value is -0.680. The van der Waals surface area contributed by atoms with Crippen LogP contribution in [0, 0.1) is 13.8 Å². The molecule has 0 saturated heterocycles. The van der Waals surface area contributed by atoms with Gasteiger partial charge in [-0.1, -0.05) is 0 Å². The third-order valence-electron chi connectivity index (χ3n) is 2.58. The highest BCUT2D eigenvalue weighted by Crippen LogP contribution is 2.28. The Labute approximate surface area is 97.3 Å². The molecule has 2 rings (SSSR count). The highest BCUT2D eigenvalue weighted by atomic mass is 79.9. The molecular weight excluding hydrogens is 258 g/mol. The molecule has 0 amide bonds. The molecular formula is C10H14BrN3O. The Morgan fingerprint density at radius 2 is 2.00 bits per heavy atom. The lowest BCUT2D eigenvalue weighted by Gasteiger charge is -2.32. The first-order valence-corrected chi connectivity index (χ1v) is 5.81. The van der Waals surface area contributed by atoms with Gasteiger partial charge in [0.05, 0.1) is 16.3 Å². The number of hydrogen-bond donors (Lipinski definition) is 2. The number of aliphatic hydroxyl groups excluding tert-OH is 1. The first kappa shape index (κ1) is 10.8. The summed E-state index contributed by atoms with van der Waals surface area (Å²) in [6, 6.07) is 0.338. The fourth-order valence-corrected chi connectivity index (χ4v) is 1.99. The standard InChI is InChI=1S/C10H14BrN3O/c1-5-9(11)10(13-6(2)12-5)14-7-3-8(15)4-7/h7-8,15H,3-4H2,1-2H3,(H,12,13,14). The molecule has 82 valence electrons. The van der Waals surface area contributed by atoms with Gasteiger partial charge in [0.1, 0.15) is 11.6 Å². The second-order valence-electron chi connectivity index (χ2n) is 3.99. The van der Waals surface area contributed by atoms with Gasteiger partial charge in [-0.3, -0.25) is 0 Å². The van der Waals surface area contributed by atoms with E-state index in [1.165, 1.54) is 0 Å². The van der Waals surface area contributed by atoms with Crippen molar-refractivity contribution >= 4 is 21.7 Å². The number of aliphatic hydroxyl groups is 1. The average molecular weight is 272 g/mol. The predicted octanol–water partition coefficient (Wildman–Crippen LogP) is 1.79. The maximum absolute atomic E-state index is 9.19. The zero-order valence-corrected chi connectivity index (χ0v) is 10.4. The Kier molecular flexibility index (Phi) is 2.93. The molecule has 0 unspecified atom stereocenters. The third-order valence-corrected chi connectivity index (χ3v) is 3.53. The number of nitrogens with zero attached hydrogens (tertiary/aromatic N) is 2. The molecule has 15 heavy (non-hydrogen) atoms. The van der Waals surface area contributed by atoms with Gasteiger partial charge in [0.25, 0.3) is 0 Å². The van der Waals surface area contributed by atoms with Crippen LogP contribution < -0.4 is 5.32 Å². The van der Waals surface area contributed by atoms with Crippen molar-refractivity contribution in [1.82, 2.24) is 9.97 Å². The molecule has 0 bridgehead atoms. The quantitative estimate of drug-likeness (QED) is 0.861. The Bertz CT molecular complexity index is 377. The first-order chi connectivity index (χ1) is 7.06. The van der Waals surface area contributed by atoms with Crippen LogP contribution in [0.5, 0.6) is 0 Å². The van der Waals surface area contributed by atoms with Crippen molar-refractivity contribution in [2.45, 2.75) is 38.8 Å². The minimum Gasteiger partial charge on any atom is -0.393 e. The summed E-state index contributed by atoms with van der Waals surface area (Å²) < 4.78 is 0.912. The van der Waals surface area contributed by atoms with Gasteiger partial charge >= 0.3 is 0 Å². The first-order valence-electron chi connectivity index (χ1n) is 5.01. The van der Waals surface area contributed by atoms with Crippen LogP contribution in [0.4, 0.5) is 5.82 Å². The summed E-state index contributed by atoms with van der Waals surface area (Å²) in [5.41, 5.74) is 0.935. The van der Waals surface area contributed by atoms with Crippen LogP contribution in [0.1, 0.15) is 24.4 Å². The molecule has 2 N–H and O–H groups in total. The Balaban J connectivity index is 2.13. The van der Waals surface area contributed by atoms with Gasteiger partial charge in [-0.05, 0) is 42.6 Å². The maximum Gasteiger partial charge on any atom is 0.144 e. The van der Waals surface area contributed by atoms with Crippen LogP contribution in [0.15, 0.2) is 4.47 Å². The average Bonchev–Trinajstić information content (AvgIpc) is 2.10. The molecule has 0 atom stereocenters. The molecule has 0 spiro atoms. The van der Waals surface area contributed by atoms with Crippen LogP contribution in [-0.4, -0.2) is 27.2 Å². The molecule has 0 aromatic carbocycles. The normalized spacial score (nSPS) is 24.8. The molecule has 1 saturated carbocycles. The number of nitrogens with one attached hydrogen (secondary N) is 1. The molecule has 1 aliphatic rings. The van der Waals surface area contributed by atoms with Crippen molar-refractivity contribution in [2.75, 3.05) is 5.32 Å². The van der Waals surface area contributed by atoms with E-state index in [0.29, 0.717) is 6.04 Å². The van der Waals surface area contributed by atoms with Crippen LogP contribution in [0.3, 0.4) is 0 Å². The van der Waals surface area contributed by atoms with E-state index in [9.17, 15) is 5.11 Å². The van der Waals surface area contributed by atoms with E-state index in [1.807, 2.05) is 13.8 Å². The summed E-state index contributed by atoms with van der Waals surface area (Å²) in [5.74, 6) is 1.59. The topological polar surface area (TPSA) is 58.0 Å². The van der Waals surface area contributed by atoms with E-state index in [0.717, 1.165) is 34.7 Å². The van der Waals surface area contributed by atoms with Crippen molar-refractivity contribution < 1.29 is 5.11 Å².